The third-order valence-corrected chi connectivity index (χ3v) is 5.19. The van der Waals surface area contributed by atoms with Gasteiger partial charge in [-0.2, -0.15) is 0 Å². The third kappa shape index (κ3) is 4.41. The number of thiocarbonyl (C=S) groups is 1. The maximum absolute atomic E-state index is 11.6. The van der Waals surface area contributed by atoms with Crippen molar-refractivity contribution in [1.29, 1.82) is 0 Å². The van der Waals surface area contributed by atoms with Crippen molar-refractivity contribution in [3.8, 4) is 0 Å². The van der Waals surface area contributed by atoms with Gasteiger partial charge in [0.2, 0.25) is 10.0 Å². The normalized spacial score (nSPS) is 11.6. The van der Waals surface area contributed by atoms with Gasteiger partial charge in [-0.1, -0.05) is 18.3 Å². The lowest BCUT2D eigenvalue weighted by atomic mass is 10.2. The van der Waals surface area contributed by atoms with Crippen LogP contribution < -0.4 is 11.1 Å². The molecule has 0 saturated heterocycles. The second-order valence-electron chi connectivity index (χ2n) is 4.05. The number of nitrogens with one attached hydrogen (secondary N) is 1. The van der Waals surface area contributed by atoms with Gasteiger partial charge in [0.05, 0.1) is 5.75 Å². The summed E-state index contributed by atoms with van der Waals surface area (Å²) in [6.07, 6.45) is 0. The first kappa shape index (κ1) is 16.4. The number of halogens is 1. The molecular formula is C11H16BrN3O2S2. The van der Waals surface area contributed by atoms with E-state index in [1.165, 1.54) is 18.4 Å². The quantitative estimate of drug-likeness (QED) is 0.745. The molecule has 0 saturated carbocycles. The minimum atomic E-state index is -3.22. The predicted molar refractivity (Wildman–Crippen MR) is 86.0 cm³/mol. The molecule has 0 bridgehead atoms. The van der Waals surface area contributed by atoms with Crippen LogP contribution in [0.15, 0.2) is 22.7 Å². The van der Waals surface area contributed by atoms with Crippen LogP contribution >= 0.6 is 28.1 Å². The van der Waals surface area contributed by atoms with Gasteiger partial charge in [0.1, 0.15) is 4.99 Å². The second-order valence-corrected chi connectivity index (χ2v) is 7.65. The zero-order chi connectivity index (χ0) is 14.6. The maximum Gasteiger partial charge on any atom is 0.215 e. The molecule has 0 unspecified atom stereocenters. The van der Waals surface area contributed by atoms with Crippen molar-refractivity contribution in [1.82, 2.24) is 4.31 Å². The van der Waals surface area contributed by atoms with E-state index in [1.807, 2.05) is 18.2 Å². The summed E-state index contributed by atoms with van der Waals surface area (Å²) in [7, 11) is -0.199. The monoisotopic (exact) mass is 365 g/mol. The SMILES string of the molecule is CN(C)S(=O)(=O)CCNc1cccc(Br)c1C(N)=S. The van der Waals surface area contributed by atoms with E-state index in [4.69, 9.17) is 18.0 Å². The Morgan fingerprint density at radius 3 is 2.63 bits per heavy atom. The molecule has 0 radical (unpaired) electrons. The lowest BCUT2D eigenvalue weighted by Crippen LogP contribution is -2.28. The highest BCUT2D eigenvalue weighted by atomic mass is 79.9. The number of nitrogens with zero attached hydrogens (tertiary/aromatic N) is 1. The summed E-state index contributed by atoms with van der Waals surface area (Å²) in [4.78, 5) is 0.255. The van der Waals surface area contributed by atoms with E-state index < -0.39 is 10.0 Å². The van der Waals surface area contributed by atoms with Gasteiger partial charge >= 0.3 is 0 Å². The highest BCUT2D eigenvalue weighted by molar-refractivity contribution is 9.10. The molecule has 3 N–H and O–H groups in total. The summed E-state index contributed by atoms with van der Waals surface area (Å²) in [5, 5.41) is 3.04. The lowest BCUT2D eigenvalue weighted by molar-refractivity contribution is 0.521. The first-order valence-corrected chi connectivity index (χ1v) is 8.29. The number of hydrogen-bond donors (Lipinski definition) is 2. The summed E-state index contributed by atoms with van der Waals surface area (Å²) in [6, 6.07) is 5.46. The smallest absolute Gasteiger partial charge is 0.215 e. The van der Waals surface area contributed by atoms with Crippen LogP contribution in [0.3, 0.4) is 0 Å². The Bertz CT molecular complexity index is 573. The zero-order valence-corrected chi connectivity index (χ0v) is 13.9. The maximum atomic E-state index is 11.6. The van der Waals surface area contributed by atoms with Crippen LogP contribution in [0.5, 0.6) is 0 Å². The van der Waals surface area contributed by atoms with E-state index >= 15 is 0 Å². The lowest BCUT2D eigenvalue weighted by Gasteiger charge is -2.14. The Balaban J connectivity index is 2.80. The molecule has 1 aromatic rings. The van der Waals surface area contributed by atoms with Crippen LogP contribution in [-0.4, -0.2) is 44.1 Å². The van der Waals surface area contributed by atoms with Crippen LogP contribution in [0.25, 0.3) is 0 Å². The summed E-state index contributed by atoms with van der Waals surface area (Å²) < 4.78 is 25.2. The van der Waals surface area contributed by atoms with Crippen molar-refractivity contribution in [2.75, 3.05) is 31.7 Å². The topological polar surface area (TPSA) is 75.4 Å². The van der Waals surface area contributed by atoms with Crippen molar-refractivity contribution >= 4 is 48.8 Å². The molecular weight excluding hydrogens is 350 g/mol. The van der Waals surface area contributed by atoms with Gasteiger partial charge in [-0.25, -0.2) is 12.7 Å². The van der Waals surface area contributed by atoms with E-state index in [0.717, 1.165) is 10.2 Å². The summed E-state index contributed by atoms with van der Waals surface area (Å²) in [5.41, 5.74) is 7.05. The van der Waals surface area contributed by atoms with Crippen LogP contribution in [0.2, 0.25) is 0 Å². The average molecular weight is 366 g/mol. The minimum absolute atomic E-state index is 0.00326. The first-order valence-electron chi connectivity index (χ1n) is 5.48. The molecule has 0 amide bonds. The van der Waals surface area contributed by atoms with Gasteiger partial charge < -0.3 is 11.1 Å². The fourth-order valence-corrected chi connectivity index (χ4v) is 3.08. The van der Waals surface area contributed by atoms with Gasteiger partial charge in [0.25, 0.3) is 0 Å². The first-order chi connectivity index (χ1) is 8.75. The Hall–Kier alpha value is -0.700. The number of hydrogen-bond acceptors (Lipinski definition) is 4. The standard InChI is InChI=1S/C11H16BrN3O2S2/c1-15(2)19(16,17)7-6-14-9-5-3-4-8(12)10(9)11(13)18/h3-5,14H,6-7H2,1-2H3,(H2,13,18). The number of sulfonamides is 1. The van der Waals surface area contributed by atoms with Crippen LogP contribution in [0.1, 0.15) is 5.56 Å². The van der Waals surface area contributed by atoms with Gasteiger partial charge in [0, 0.05) is 36.4 Å². The molecule has 0 heterocycles. The van der Waals surface area contributed by atoms with Crippen LogP contribution in [0, 0.1) is 0 Å². The molecule has 106 valence electrons. The third-order valence-electron chi connectivity index (χ3n) is 2.49. The van der Waals surface area contributed by atoms with Crippen molar-refractivity contribution in [2.45, 2.75) is 0 Å². The molecule has 0 atom stereocenters. The highest BCUT2D eigenvalue weighted by Gasteiger charge is 2.14. The Morgan fingerprint density at radius 2 is 2.11 bits per heavy atom. The van der Waals surface area contributed by atoms with E-state index in [9.17, 15) is 8.42 Å². The molecule has 1 rings (SSSR count). The van der Waals surface area contributed by atoms with Gasteiger partial charge in [-0.15, -0.1) is 0 Å². The van der Waals surface area contributed by atoms with E-state index in [1.54, 1.807) is 0 Å². The molecule has 19 heavy (non-hydrogen) atoms. The van der Waals surface area contributed by atoms with Crippen LogP contribution in [0.4, 0.5) is 5.69 Å². The van der Waals surface area contributed by atoms with E-state index in [0.29, 0.717) is 5.56 Å². The van der Waals surface area contributed by atoms with Crippen LogP contribution in [-0.2, 0) is 10.0 Å². The number of rotatable bonds is 6. The van der Waals surface area contributed by atoms with E-state index in [2.05, 4.69) is 21.2 Å². The Labute approximate surface area is 127 Å². The minimum Gasteiger partial charge on any atom is -0.389 e. The Kier molecular flexibility index (Phi) is 5.72. The molecule has 0 fully saturated rings. The molecule has 0 aliphatic carbocycles. The van der Waals surface area contributed by atoms with Gasteiger partial charge in [0.15, 0.2) is 0 Å². The number of nitrogens with two attached hydrogens (primary N) is 1. The average Bonchev–Trinajstić information content (AvgIpc) is 2.27. The van der Waals surface area contributed by atoms with Crippen molar-refractivity contribution in [2.24, 2.45) is 5.73 Å². The largest absolute Gasteiger partial charge is 0.389 e. The number of benzene rings is 1. The zero-order valence-electron chi connectivity index (χ0n) is 10.7. The molecule has 8 heteroatoms. The molecule has 0 aromatic heterocycles. The van der Waals surface area contributed by atoms with Gasteiger partial charge in [-0.05, 0) is 28.1 Å². The van der Waals surface area contributed by atoms with Crippen molar-refractivity contribution in [3.63, 3.8) is 0 Å². The molecule has 1 aromatic carbocycles. The van der Waals surface area contributed by atoms with E-state index in [-0.39, 0.29) is 17.3 Å². The summed E-state index contributed by atoms with van der Waals surface area (Å²) in [6.45, 7) is 0.284. The molecule has 0 aliphatic heterocycles. The number of anilines is 1. The molecule has 0 aliphatic rings. The Morgan fingerprint density at radius 1 is 1.47 bits per heavy atom. The fraction of sp³-hybridized carbons (Fsp3) is 0.364. The highest BCUT2D eigenvalue weighted by Crippen LogP contribution is 2.24. The van der Waals surface area contributed by atoms with Gasteiger partial charge in [-0.3, -0.25) is 0 Å². The summed E-state index contributed by atoms with van der Waals surface area (Å²) in [5.74, 6) is 0.00326. The van der Waals surface area contributed by atoms with Crippen molar-refractivity contribution < 1.29 is 8.42 Å². The van der Waals surface area contributed by atoms with Crippen molar-refractivity contribution in [3.05, 3.63) is 28.2 Å². The fourth-order valence-electron chi connectivity index (χ4n) is 1.42. The summed E-state index contributed by atoms with van der Waals surface area (Å²) >= 11 is 8.35. The second kappa shape index (κ2) is 6.65. The predicted octanol–water partition coefficient (Wildman–Crippen LogP) is 1.39. The molecule has 0 spiro atoms. The molecule has 5 nitrogen and oxygen atoms in total.